The van der Waals surface area contributed by atoms with E-state index in [0.29, 0.717) is 11.4 Å². The Kier molecular flexibility index (Phi) is 2.59. The van der Waals surface area contributed by atoms with E-state index < -0.39 is 5.97 Å². The maximum absolute atomic E-state index is 10.9. The summed E-state index contributed by atoms with van der Waals surface area (Å²) in [6, 6.07) is 8.50. The summed E-state index contributed by atoms with van der Waals surface area (Å²) in [6.07, 6.45) is 1.45. The molecule has 2 aromatic rings. The fraction of sp³-hybridized carbons (Fsp3) is 0.0909. The van der Waals surface area contributed by atoms with Gasteiger partial charge in [0.05, 0.1) is 19.0 Å². The first-order valence-corrected chi connectivity index (χ1v) is 4.64. The maximum Gasteiger partial charge on any atom is 0.354 e. The monoisotopic (exact) mass is 218 g/mol. The molecule has 16 heavy (non-hydrogen) atoms. The number of hydrogen-bond donors (Lipinski definition) is 1. The number of benzene rings is 1. The molecule has 0 bridgehead atoms. The van der Waals surface area contributed by atoms with Gasteiger partial charge in [0.2, 0.25) is 0 Å². The largest absolute Gasteiger partial charge is 0.497 e. The zero-order valence-electron chi connectivity index (χ0n) is 8.62. The first-order valence-electron chi connectivity index (χ1n) is 4.64. The number of nitrogens with zero attached hydrogens (tertiary/aromatic N) is 2. The molecule has 0 amide bonds. The topological polar surface area (TPSA) is 64.4 Å². The number of carboxylic acids is 1. The van der Waals surface area contributed by atoms with Crippen LogP contribution in [-0.2, 0) is 0 Å². The molecule has 0 saturated carbocycles. The first kappa shape index (κ1) is 10.2. The third-order valence-corrected chi connectivity index (χ3v) is 2.16. The van der Waals surface area contributed by atoms with Crippen molar-refractivity contribution < 1.29 is 14.6 Å². The predicted octanol–water partition coefficient (Wildman–Crippen LogP) is 1.58. The molecule has 5 heteroatoms. The lowest BCUT2D eigenvalue weighted by atomic mass is 10.3. The Morgan fingerprint density at radius 1 is 1.44 bits per heavy atom. The number of methoxy groups -OCH3 is 1. The van der Waals surface area contributed by atoms with E-state index in [9.17, 15) is 4.79 Å². The molecule has 0 saturated heterocycles. The summed E-state index contributed by atoms with van der Waals surface area (Å²) in [7, 11) is 1.56. The summed E-state index contributed by atoms with van der Waals surface area (Å²) in [4.78, 5) is 10.9. The number of carbonyl (C=O) groups is 1. The lowest BCUT2D eigenvalue weighted by Gasteiger charge is -2.06. The summed E-state index contributed by atoms with van der Waals surface area (Å²) in [6.45, 7) is 0. The molecule has 0 aliphatic carbocycles. The molecule has 1 aromatic carbocycles. The minimum Gasteiger partial charge on any atom is -0.497 e. The van der Waals surface area contributed by atoms with Crippen LogP contribution in [0.2, 0.25) is 0 Å². The van der Waals surface area contributed by atoms with Crippen LogP contribution in [0, 0.1) is 0 Å². The Bertz CT molecular complexity index is 519. The van der Waals surface area contributed by atoms with Gasteiger partial charge < -0.3 is 9.84 Å². The van der Waals surface area contributed by atoms with E-state index >= 15 is 0 Å². The maximum atomic E-state index is 10.9. The Labute approximate surface area is 91.9 Å². The van der Waals surface area contributed by atoms with E-state index in [0.717, 1.165) is 0 Å². The van der Waals surface area contributed by atoms with Gasteiger partial charge in [0.15, 0.2) is 5.69 Å². The van der Waals surface area contributed by atoms with Crippen molar-refractivity contribution in [3.05, 3.63) is 42.2 Å². The molecule has 0 atom stereocenters. The van der Waals surface area contributed by atoms with Gasteiger partial charge in [-0.1, -0.05) is 6.07 Å². The fourth-order valence-corrected chi connectivity index (χ4v) is 1.41. The van der Waals surface area contributed by atoms with E-state index in [-0.39, 0.29) is 5.69 Å². The van der Waals surface area contributed by atoms with Gasteiger partial charge in [-0.25, -0.2) is 9.48 Å². The molecule has 1 N–H and O–H groups in total. The van der Waals surface area contributed by atoms with Crippen molar-refractivity contribution >= 4 is 5.97 Å². The van der Waals surface area contributed by atoms with E-state index in [2.05, 4.69) is 5.10 Å². The number of aromatic carboxylic acids is 1. The van der Waals surface area contributed by atoms with Gasteiger partial charge in [-0.3, -0.25) is 0 Å². The van der Waals surface area contributed by atoms with Crippen LogP contribution in [0.5, 0.6) is 5.75 Å². The average molecular weight is 218 g/mol. The van der Waals surface area contributed by atoms with Gasteiger partial charge in [0.25, 0.3) is 0 Å². The number of aromatic nitrogens is 2. The molecular formula is C11H10N2O3. The van der Waals surface area contributed by atoms with Crippen molar-refractivity contribution in [3.63, 3.8) is 0 Å². The van der Waals surface area contributed by atoms with Gasteiger partial charge in [0, 0.05) is 6.07 Å². The molecule has 82 valence electrons. The Morgan fingerprint density at radius 2 is 2.25 bits per heavy atom. The third-order valence-electron chi connectivity index (χ3n) is 2.16. The fourth-order valence-electron chi connectivity index (χ4n) is 1.41. The van der Waals surface area contributed by atoms with E-state index in [4.69, 9.17) is 9.84 Å². The first-order chi connectivity index (χ1) is 7.72. The molecule has 0 aliphatic heterocycles. The predicted molar refractivity (Wildman–Crippen MR) is 57.1 cm³/mol. The van der Waals surface area contributed by atoms with Gasteiger partial charge in [-0.15, -0.1) is 0 Å². The molecule has 0 unspecified atom stereocenters. The van der Waals surface area contributed by atoms with Gasteiger partial charge in [-0.05, 0) is 18.2 Å². The third kappa shape index (κ3) is 1.75. The van der Waals surface area contributed by atoms with Crippen LogP contribution in [0.25, 0.3) is 5.69 Å². The van der Waals surface area contributed by atoms with E-state index in [1.165, 1.54) is 16.9 Å². The molecule has 0 aliphatic rings. The second-order valence-corrected chi connectivity index (χ2v) is 3.13. The van der Waals surface area contributed by atoms with Crippen LogP contribution in [0.15, 0.2) is 36.5 Å². The van der Waals surface area contributed by atoms with Gasteiger partial charge >= 0.3 is 5.97 Å². The number of hydrogen-bond acceptors (Lipinski definition) is 3. The quantitative estimate of drug-likeness (QED) is 0.849. The number of carboxylic acid groups (broad SMARTS) is 1. The lowest BCUT2D eigenvalue weighted by molar-refractivity contribution is 0.0687. The highest BCUT2D eigenvalue weighted by Gasteiger charge is 2.11. The van der Waals surface area contributed by atoms with E-state index in [1.54, 1.807) is 31.4 Å². The zero-order chi connectivity index (χ0) is 11.5. The molecule has 1 heterocycles. The Morgan fingerprint density at radius 3 is 2.94 bits per heavy atom. The van der Waals surface area contributed by atoms with Crippen molar-refractivity contribution in [1.29, 1.82) is 0 Å². The highest BCUT2D eigenvalue weighted by Crippen LogP contribution is 2.17. The van der Waals surface area contributed by atoms with Crippen molar-refractivity contribution in [3.8, 4) is 11.4 Å². The molecule has 0 radical (unpaired) electrons. The van der Waals surface area contributed by atoms with E-state index in [1.807, 2.05) is 0 Å². The Balaban J connectivity index is 2.50. The van der Waals surface area contributed by atoms with Crippen molar-refractivity contribution in [2.75, 3.05) is 7.11 Å². The molecule has 0 spiro atoms. The summed E-state index contributed by atoms with van der Waals surface area (Å²) in [5.74, 6) is -0.357. The molecule has 2 rings (SSSR count). The van der Waals surface area contributed by atoms with Crippen molar-refractivity contribution in [1.82, 2.24) is 9.78 Å². The molecule has 0 fully saturated rings. The second kappa shape index (κ2) is 4.06. The van der Waals surface area contributed by atoms with Crippen LogP contribution < -0.4 is 4.74 Å². The van der Waals surface area contributed by atoms with Gasteiger partial charge in [-0.2, -0.15) is 5.10 Å². The number of rotatable bonds is 3. The average Bonchev–Trinajstić information content (AvgIpc) is 2.78. The summed E-state index contributed by atoms with van der Waals surface area (Å²) in [5.41, 5.74) is 0.773. The Hall–Kier alpha value is -2.30. The zero-order valence-corrected chi connectivity index (χ0v) is 8.62. The summed E-state index contributed by atoms with van der Waals surface area (Å²) in [5, 5.41) is 12.9. The van der Waals surface area contributed by atoms with Crippen molar-refractivity contribution in [2.45, 2.75) is 0 Å². The minimum atomic E-state index is -1.01. The second-order valence-electron chi connectivity index (χ2n) is 3.13. The normalized spacial score (nSPS) is 10.1. The smallest absolute Gasteiger partial charge is 0.354 e. The highest BCUT2D eigenvalue weighted by molar-refractivity contribution is 5.86. The minimum absolute atomic E-state index is 0.119. The summed E-state index contributed by atoms with van der Waals surface area (Å²) >= 11 is 0. The lowest BCUT2D eigenvalue weighted by Crippen LogP contribution is -2.07. The molecular weight excluding hydrogens is 208 g/mol. The molecule has 5 nitrogen and oxygen atoms in total. The number of ether oxygens (including phenoxy) is 1. The van der Waals surface area contributed by atoms with Crippen molar-refractivity contribution in [2.24, 2.45) is 0 Å². The van der Waals surface area contributed by atoms with Crippen LogP contribution in [-0.4, -0.2) is 28.0 Å². The standard InChI is InChI=1S/C11H10N2O3/c1-16-9-4-2-3-8(7-9)13-10(11(14)15)5-6-12-13/h2-7H,1H3,(H,14,15). The van der Waals surface area contributed by atoms with Crippen LogP contribution in [0.4, 0.5) is 0 Å². The highest BCUT2D eigenvalue weighted by atomic mass is 16.5. The van der Waals surface area contributed by atoms with Crippen LogP contribution >= 0.6 is 0 Å². The summed E-state index contributed by atoms with van der Waals surface area (Å²) < 4.78 is 6.42. The SMILES string of the molecule is COc1cccc(-n2nccc2C(=O)O)c1. The molecule has 1 aromatic heterocycles. The van der Waals surface area contributed by atoms with Crippen LogP contribution in [0.3, 0.4) is 0 Å². The van der Waals surface area contributed by atoms with Crippen LogP contribution in [0.1, 0.15) is 10.5 Å². The van der Waals surface area contributed by atoms with Gasteiger partial charge in [0.1, 0.15) is 5.75 Å².